The van der Waals surface area contributed by atoms with Crippen LogP contribution < -0.4 is 5.32 Å². The number of nitriles is 1. The van der Waals surface area contributed by atoms with Gasteiger partial charge in [0, 0.05) is 13.2 Å². The third kappa shape index (κ3) is 2.64. The van der Waals surface area contributed by atoms with E-state index in [9.17, 15) is 0 Å². The van der Waals surface area contributed by atoms with E-state index in [2.05, 4.69) is 9.69 Å². The molecule has 1 aromatic rings. The fraction of sp³-hybridized carbons (Fsp3) is 0.600. The Labute approximate surface area is 103 Å². The van der Waals surface area contributed by atoms with E-state index in [1.165, 1.54) is 11.5 Å². The molecule has 16 heavy (non-hydrogen) atoms. The number of halogens is 1. The highest BCUT2D eigenvalue weighted by atomic mass is 35.5. The lowest BCUT2D eigenvalue weighted by Gasteiger charge is -2.09. The number of anilines is 1. The molecule has 1 atom stereocenters. The van der Waals surface area contributed by atoms with Crippen LogP contribution in [0.15, 0.2) is 0 Å². The Morgan fingerprint density at radius 3 is 3.25 bits per heavy atom. The van der Waals surface area contributed by atoms with Gasteiger partial charge in [-0.25, -0.2) is 0 Å². The van der Waals surface area contributed by atoms with Gasteiger partial charge in [0.05, 0.1) is 6.10 Å². The van der Waals surface area contributed by atoms with Crippen molar-refractivity contribution in [3.8, 4) is 6.07 Å². The summed E-state index contributed by atoms with van der Waals surface area (Å²) < 4.78 is 9.44. The summed E-state index contributed by atoms with van der Waals surface area (Å²) in [6, 6.07) is 2.04. The van der Waals surface area contributed by atoms with Crippen LogP contribution in [0.4, 0.5) is 5.00 Å². The quantitative estimate of drug-likeness (QED) is 0.901. The molecule has 4 nitrogen and oxygen atoms in total. The first-order chi connectivity index (χ1) is 7.81. The number of nitrogens with zero attached hydrogens (tertiary/aromatic N) is 2. The second kappa shape index (κ2) is 5.48. The zero-order chi connectivity index (χ0) is 11.4. The van der Waals surface area contributed by atoms with Crippen LogP contribution in [0.5, 0.6) is 0 Å². The Balaban J connectivity index is 1.82. The maximum Gasteiger partial charge on any atom is 0.162 e. The normalized spacial score (nSPS) is 19.6. The fourth-order valence-electron chi connectivity index (χ4n) is 1.71. The van der Waals surface area contributed by atoms with Gasteiger partial charge in [-0.3, -0.25) is 0 Å². The second-order valence-electron chi connectivity index (χ2n) is 3.64. The van der Waals surface area contributed by atoms with Crippen LogP contribution in [0.3, 0.4) is 0 Å². The predicted octanol–water partition coefficient (Wildman–Crippen LogP) is 2.65. The molecule has 1 aliphatic rings. The third-order valence-corrected chi connectivity index (χ3v) is 3.72. The topological polar surface area (TPSA) is 57.9 Å². The maximum absolute atomic E-state index is 8.87. The maximum atomic E-state index is 8.87. The summed E-state index contributed by atoms with van der Waals surface area (Å²) >= 11 is 6.99. The van der Waals surface area contributed by atoms with Crippen molar-refractivity contribution < 1.29 is 4.74 Å². The average molecular weight is 258 g/mol. The number of ether oxygens (including phenoxy) is 1. The lowest BCUT2D eigenvalue weighted by atomic mass is 10.2. The molecule has 2 rings (SSSR count). The smallest absolute Gasteiger partial charge is 0.162 e. The van der Waals surface area contributed by atoms with Crippen LogP contribution in [0.25, 0.3) is 0 Å². The molecule has 1 fully saturated rings. The molecule has 1 aromatic heterocycles. The van der Waals surface area contributed by atoms with E-state index in [-0.39, 0.29) is 5.15 Å². The molecule has 0 radical (unpaired) electrons. The first-order valence-electron chi connectivity index (χ1n) is 5.22. The van der Waals surface area contributed by atoms with Crippen LogP contribution in [-0.4, -0.2) is 23.6 Å². The predicted molar refractivity (Wildman–Crippen MR) is 63.9 cm³/mol. The molecule has 86 valence electrons. The highest BCUT2D eigenvalue weighted by molar-refractivity contribution is 7.10. The second-order valence-corrected chi connectivity index (χ2v) is 4.77. The van der Waals surface area contributed by atoms with Gasteiger partial charge >= 0.3 is 0 Å². The molecular weight excluding hydrogens is 246 g/mol. The van der Waals surface area contributed by atoms with Crippen LogP contribution in [0, 0.1) is 11.3 Å². The molecule has 0 spiro atoms. The van der Waals surface area contributed by atoms with Crippen molar-refractivity contribution in [3.63, 3.8) is 0 Å². The molecule has 1 saturated heterocycles. The molecule has 0 amide bonds. The van der Waals surface area contributed by atoms with Gasteiger partial charge in [-0.2, -0.15) is 9.64 Å². The molecule has 0 unspecified atom stereocenters. The van der Waals surface area contributed by atoms with Crippen LogP contribution in [0.2, 0.25) is 5.15 Å². The van der Waals surface area contributed by atoms with Crippen molar-refractivity contribution >= 4 is 28.1 Å². The van der Waals surface area contributed by atoms with Crippen molar-refractivity contribution in [2.45, 2.75) is 25.4 Å². The molecule has 1 N–H and O–H groups in total. The van der Waals surface area contributed by atoms with E-state index in [4.69, 9.17) is 21.6 Å². The number of hydrogen-bond donors (Lipinski definition) is 1. The summed E-state index contributed by atoms with van der Waals surface area (Å²) in [4.78, 5) is 0. The Kier molecular flexibility index (Phi) is 3.99. The van der Waals surface area contributed by atoms with Gasteiger partial charge in [-0.15, -0.1) is 0 Å². The molecule has 0 aliphatic carbocycles. The zero-order valence-electron chi connectivity index (χ0n) is 8.70. The van der Waals surface area contributed by atoms with Gasteiger partial charge in [-0.1, -0.05) is 11.6 Å². The van der Waals surface area contributed by atoms with E-state index in [0.717, 1.165) is 37.4 Å². The molecule has 0 aromatic carbocycles. The summed E-state index contributed by atoms with van der Waals surface area (Å²) in [5.74, 6) is 0. The van der Waals surface area contributed by atoms with Gasteiger partial charge in [0.15, 0.2) is 5.15 Å². The molecule has 1 aliphatic heterocycles. The SMILES string of the molecule is N#Cc1c(Cl)nsc1NCC[C@H]1CCCO1. The van der Waals surface area contributed by atoms with E-state index in [0.29, 0.717) is 11.7 Å². The summed E-state index contributed by atoms with van der Waals surface area (Å²) in [5.41, 5.74) is 0.444. The van der Waals surface area contributed by atoms with Crippen molar-refractivity contribution in [1.29, 1.82) is 5.26 Å². The molecule has 0 bridgehead atoms. The highest BCUT2D eigenvalue weighted by Gasteiger charge is 2.16. The van der Waals surface area contributed by atoms with Gasteiger partial charge in [0.1, 0.15) is 16.6 Å². The molecule has 2 heterocycles. The Morgan fingerprint density at radius 1 is 1.69 bits per heavy atom. The number of nitrogens with one attached hydrogen (secondary N) is 1. The number of rotatable bonds is 4. The minimum atomic E-state index is 0.284. The number of aromatic nitrogens is 1. The van der Waals surface area contributed by atoms with Crippen molar-refractivity contribution in [2.24, 2.45) is 0 Å². The summed E-state index contributed by atoms with van der Waals surface area (Å²) in [5, 5.41) is 13.1. The largest absolute Gasteiger partial charge is 0.378 e. The Morgan fingerprint density at radius 2 is 2.56 bits per heavy atom. The highest BCUT2D eigenvalue weighted by Crippen LogP contribution is 2.27. The van der Waals surface area contributed by atoms with Gasteiger partial charge < -0.3 is 10.1 Å². The average Bonchev–Trinajstić information content (AvgIpc) is 2.89. The Bertz CT molecular complexity index is 395. The monoisotopic (exact) mass is 257 g/mol. The summed E-state index contributed by atoms with van der Waals surface area (Å²) in [7, 11) is 0. The van der Waals surface area contributed by atoms with Crippen LogP contribution >= 0.6 is 23.1 Å². The first-order valence-corrected chi connectivity index (χ1v) is 6.37. The molecular formula is C10H12ClN3OS. The number of hydrogen-bond acceptors (Lipinski definition) is 5. The minimum absolute atomic E-state index is 0.284. The van der Waals surface area contributed by atoms with E-state index in [1.54, 1.807) is 0 Å². The zero-order valence-corrected chi connectivity index (χ0v) is 10.3. The third-order valence-electron chi connectivity index (χ3n) is 2.54. The van der Waals surface area contributed by atoms with E-state index in [1.807, 2.05) is 6.07 Å². The van der Waals surface area contributed by atoms with Gasteiger partial charge in [-0.05, 0) is 30.8 Å². The fourth-order valence-corrected chi connectivity index (χ4v) is 2.67. The molecule has 0 saturated carbocycles. The molecule has 6 heteroatoms. The van der Waals surface area contributed by atoms with Gasteiger partial charge in [0.2, 0.25) is 0 Å². The van der Waals surface area contributed by atoms with Gasteiger partial charge in [0.25, 0.3) is 0 Å². The summed E-state index contributed by atoms with van der Waals surface area (Å²) in [6.07, 6.45) is 3.61. The standard InChI is InChI=1S/C10H12ClN3OS/c11-9-8(6-12)10(16-14-9)13-4-3-7-2-1-5-15-7/h7,13H,1-5H2/t7-/m1/s1. The minimum Gasteiger partial charge on any atom is -0.378 e. The van der Waals surface area contributed by atoms with Crippen molar-refractivity contribution in [2.75, 3.05) is 18.5 Å². The van der Waals surface area contributed by atoms with E-state index >= 15 is 0 Å². The van der Waals surface area contributed by atoms with Crippen LogP contribution in [0.1, 0.15) is 24.8 Å². The summed E-state index contributed by atoms with van der Waals surface area (Å²) in [6.45, 7) is 1.67. The lowest BCUT2D eigenvalue weighted by Crippen LogP contribution is -2.12. The Hall–Kier alpha value is -0.830. The lowest BCUT2D eigenvalue weighted by molar-refractivity contribution is 0.107. The van der Waals surface area contributed by atoms with E-state index < -0.39 is 0 Å². The van der Waals surface area contributed by atoms with Crippen molar-refractivity contribution in [1.82, 2.24) is 4.37 Å². The van der Waals surface area contributed by atoms with Crippen molar-refractivity contribution in [3.05, 3.63) is 10.7 Å². The first kappa shape index (κ1) is 11.6. The van der Waals surface area contributed by atoms with Crippen LogP contribution in [-0.2, 0) is 4.74 Å².